The smallest absolute Gasteiger partial charge is 0.253 e. The maximum absolute atomic E-state index is 12.3. The van der Waals surface area contributed by atoms with Gasteiger partial charge in [-0.1, -0.05) is 17.7 Å². The lowest BCUT2D eigenvalue weighted by atomic mass is 10.2. The first-order valence-corrected chi connectivity index (χ1v) is 8.15. The summed E-state index contributed by atoms with van der Waals surface area (Å²) < 4.78 is 0. The molecule has 2 aromatic heterocycles. The van der Waals surface area contributed by atoms with E-state index in [0.29, 0.717) is 17.1 Å². The highest BCUT2D eigenvalue weighted by molar-refractivity contribution is 6.31. The summed E-state index contributed by atoms with van der Waals surface area (Å²) in [5.41, 5.74) is 4.04. The molecule has 0 unspecified atom stereocenters. The zero-order valence-electron chi connectivity index (χ0n) is 13.7. The molecular formula is C19H17ClN4O. The summed E-state index contributed by atoms with van der Waals surface area (Å²) in [6.45, 7) is 2.38. The van der Waals surface area contributed by atoms with Crippen molar-refractivity contribution in [1.82, 2.24) is 15.3 Å². The Morgan fingerprint density at radius 3 is 2.60 bits per heavy atom. The Bertz CT molecular complexity index is 884. The highest BCUT2D eigenvalue weighted by Gasteiger charge is 2.07. The number of anilines is 2. The topological polar surface area (TPSA) is 66.9 Å². The number of amides is 1. The third-order valence-electron chi connectivity index (χ3n) is 3.66. The van der Waals surface area contributed by atoms with Gasteiger partial charge < -0.3 is 10.6 Å². The van der Waals surface area contributed by atoms with Crippen molar-refractivity contribution in [1.29, 1.82) is 0 Å². The lowest BCUT2D eigenvalue weighted by Crippen LogP contribution is -2.23. The van der Waals surface area contributed by atoms with Gasteiger partial charge in [-0.2, -0.15) is 0 Å². The van der Waals surface area contributed by atoms with Crippen molar-refractivity contribution >= 4 is 28.9 Å². The van der Waals surface area contributed by atoms with Crippen molar-refractivity contribution < 1.29 is 4.79 Å². The van der Waals surface area contributed by atoms with Crippen molar-refractivity contribution in [3.05, 3.63) is 82.9 Å². The van der Waals surface area contributed by atoms with E-state index in [-0.39, 0.29) is 5.91 Å². The van der Waals surface area contributed by atoms with Crippen molar-refractivity contribution in [2.75, 3.05) is 5.32 Å². The number of nitrogens with zero attached hydrogens (tertiary/aromatic N) is 2. The second kappa shape index (κ2) is 7.77. The lowest BCUT2D eigenvalue weighted by molar-refractivity contribution is 0.0950. The molecule has 1 aromatic carbocycles. The van der Waals surface area contributed by atoms with Crippen LogP contribution in [0.3, 0.4) is 0 Å². The number of aryl methyl sites for hydroxylation is 1. The van der Waals surface area contributed by atoms with Gasteiger partial charge in [-0.15, -0.1) is 0 Å². The van der Waals surface area contributed by atoms with E-state index in [9.17, 15) is 4.79 Å². The molecule has 0 bridgehead atoms. The van der Waals surface area contributed by atoms with Crippen LogP contribution in [0, 0.1) is 6.92 Å². The molecule has 0 radical (unpaired) electrons. The van der Waals surface area contributed by atoms with Gasteiger partial charge in [0.25, 0.3) is 5.91 Å². The second-order valence-corrected chi connectivity index (χ2v) is 6.00. The number of pyridine rings is 2. The Labute approximate surface area is 151 Å². The number of aromatic nitrogens is 2. The molecule has 0 saturated heterocycles. The summed E-state index contributed by atoms with van der Waals surface area (Å²) in [6.07, 6.45) is 6.59. The van der Waals surface area contributed by atoms with Crippen LogP contribution in [-0.4, -0.2) is 15.9 Å². The molecule has 25 heavy (non-hydrogen) atoms. The third kappa shape index (κ3) is 4.55. The van der Waals surface area contributed by atoms with Gasteiger partial charge in [0, 0.05) is 35.8 Å². The van der Waals surface area contributed by atoms with Crippen LogP contribution < -0.4 is 10.6 Å². The number of carbonyl (C=O) groups is 1. The number of carbonyl (C=O) groups excluding carboxylic acids is 1. The average Bonchev–Trinajstić information content (AvgIpc) is 2.64. The monoisotopic (exact) mass is 352 g/mol. The Balaban J connectivity index is 1.68. The lowest BCUT2D eigenvalue weighted by Gasteiger charge is -2.10. The zero-order valence-corrected chi connectivity index (χ0v) is 14.4. The molecule has 3 rings (SSSR count). The van der Waals surface area contributed by atoms with Crippen LogP contribution in [-0.2, 0) is 6.54 Å². The van der Waals surface area contributed by atoms with Gasteiger partial charge in [0.1, 0.15) is 0 Å². The number of hydrogen-bond donors (Lipinski definition) is 2. The maximum atomic E-state index is 12.3. The molecule has 5 nitrogen and oxygen atoms in total. The molecule has 0 saturated carbocycles. The first-order chi connectivity index (χ1) is 12.1. The van der Waals surface area contributed by atoms with Gasteiger partial charge in [0.15, 0.2) is 0 Å². The molecule has 0 atom stereocenters. The Hall–Kier alpha value is -2.92. The van der Waals surface area contributed by atoms with Crippen molar-refractivity contribution in [2.45, 2.75) is 13.5 Å². The molecule has 0 aliphatic carbocycles. The van der Waals surface area contributed by atoms with Gasteiger partial charge in [0.05, 0.1) is 17.4 Å². The second-order valence-electron chi connectivity index (χ2n) is 5.59. The quantitative estimate of drug-likeness (QED) is 0.725. The van der Waals surface area contributed by atoms with E-state index in [0.717, 1.165) is 22.5 Å². The number of nitrogens with one attached hydrogen (secondary N) is 2. The van der Waals surface area contributed by atoms with E-state index in [1.54, 1.807) is 24.7 Å². The van der Waals surface area contributed by atoms with E-state index in [1.165, 1.54) is 6.20 Å². The molecule has 126 valence electrons. The Morgan fingerprint density at radius 1 is 1.04 bits per heavy atom. The molecule has 2 N–H and O–H groups in total. The Morgan fingerprint density at radius 2 is 1.84 bits per heavy atom. The van der Waals surface area contributed by atoms with Gasteiger partial charge >= 0.3 is 0 Å². The first kappa shape index (κ1) is 16.9. The summed E-state index contributed by atoms with van der Waals surface area (Å²) in [7, 11) is 0. The minimum atomic E-state index is -0.185. The first-order valence-electron chi connectivity index (χ1n) is 7.77. The van der Waals surface area contributed by atoms with Crippen molar-refractivity contribution in [3.8, 4) is 0 Å². The van der Waals surface area contributed by atoms with Gasteiger partial charge in [0.2, 0.25) is 0 Å². The predicted octanol–water partition coefficient (Wildman–Crippen LogP) is 4.11. The normalized spacial score (nSPS) is 10.3. The molecule has 0 aliphatic rings. The van der Waals surface area contributed by atoms with Gasteiger partial charge in [-0.3, -0.25) is 14.8 Å². The minimum Gasteiger partial charge on any atom is -0.354 e. The molecule has 1 amide bonds. The van der Waals surface area contributed by atoms with E-state index in [1.807, 2.05) is 37.3 Å². The SMILES string of the molecule is Cc1ccc(Nc2cncc(C(=O)NCc3ccncc3)c2)cc1Cl. The average molecular weight is 353 g/mol. The summed E-state index contributed by atoms with van der Waals surface area (Å²) in [5, 5.41) is 6.76. The zero-order chi connectivity index (χ0) is 17.6. The van der Waals surface area contributed by atoms with E-state index >= 15 is 0 Å². The van der Waals surface area contributed by atoms with Crippen LogP contribution in [0.2, 0.25) is 5.02 Å². The van der Waals surface area contributed by atoms with Crippen LogP contribution >= 0.6 is 11.6 Å². The molecule has 0 fully saturated rings. The Kier molecular flexibility index (Phi) is 5.26. The fourth-order valence-corrected chi connectivity index (χ4v) is 2.44. The number of benzene rings is 1. The van der Waals surface area contributed by atoms with Crippen LogP contribution in [0.4, 0.5) is 11.4 Å². The van der Waals surface area contributed by atoms with Crippen LogP contribution in [0.25, 0.3) is 0 Å². The molecule has 6 heteroatoms. The molecule has 0 spiro atoms. The fourth-order valence-electron chi connectivity index (χ4n) is 2.25. The predicted molar refractivity (Wildman–Crippen MR) is 99.1 cm³/mol. The van der Waals surface area contributed by atoms with Crippen LogP contribution in [0.1, 0.15) is 21.5 Å². The van der Waals surface area contributed by atoms with E-state index in [4.69, 9.17) is 11.6 Å². The number of halogens is 1. The molecular weight excluding hydrogens is 336 g/mol. The highest BCUT2D eigenvalue weighted by Crippen LogP contribution is 2.23. The number of hydrogen-bond acceptors (Lipinski definition) is 4. The van der Waals surface area contributed by atoms with E-state index < -0.39 is 0 Å². The largest absolute Gasteiger partial charge is 0.354 e. The number of rotatable bonds is 5. The van der Waals surface area contributed by atoms with Crippen LogP contribution in [0.5, 0.6) is 0 Å². The molecule has 0 aliphatic heterocycles. The van der Waals surface area contributed by atoms with Crippen LogP contribution in [0.15, 0.2) is 61.2 Å². The summed E-state index contributed by atoms with van der Waals surface area (Å²) >= 11 is 6.14. The van der Waals surface area contributed by atoms with Crippen molar-refractivity contribution in [3.63, 3.8) is 0 Å². The van der Waals surface area contributed by atoms with Crippen molar-refractivity contribution in [2.24, 2.45) is 0 Å². The van der Waals surface area contributed by atoms with E-state index in [2.05, 4.69) is 20.6 Å². The third-order valence-corrected chi connectivity index (χ3v) is 4.07. The minimum absolute atomic E-state index is 0.185. The fraction of sp³-hybridized carbons (Fsp3) is 0.105. The molecule has 3 aromatic rings. The molecule has 2 heterocycles. The van der Waals surface area contributed by atoms with Gasteiger partial charge in [-0.05, 0) is 48.4 Å². The maximum Gasteiger partial charge on any atom is 0.253 e. The summed E-state index contributed by atoms with van der Waals surface area (Å²) in [6, 6.07) is 11.2. The standard InChI is InChI=1S/C19H17ClN4O/c1-13-2-3-16(9-18(13)20)24-17-8-15(11-22-12-17)19(25)23-10-14-4-6-21-7-5-14/h2-9,11-12,24H,10H2,1H3,(H,23,25). The summed E-state index contributed by atoms with van der Waals surface area (Å²) in [5.74, 6) is -0.185. The summed E-state index contributed by atoms with van der Waals surface area (Å²) in [4.78, 5) is 20.4. The van der Waals surface area contributed by atoms with Gasteiger partial charge in [-0.25, -0.2) is 0 Å². The highest BCUT2D eigenvalue weighted by atomic mass is 35.5.